The molecule has 0 bridgehead atoms. The van der Waals surface area contributed by atoms with Gasteiger partial charge in [-0.15, -0.1) is 0 Å². The van der Waals surface area contributed by atoms with E-state index in [9.17, 15) is 0 Å². The van der Waals surface area contributed by atoms with Crippen molar-refractivity contribution in [1.82, 2.24) is 10.2 Å². The van der Waals surface area contributed by atoms with Gasteiger partial charge in [0.15, 0.2) is 0 Å². The Morgan fingerprint density at radius 1 is 1.35 bits per heavy atom. The SMILES string of the molecule is CCCCCC(C)N1CCNC(C)(C2CC2)C1. The zero-order valence-electron chi connectivity index (χ0n) is 12.0. The molecular formula is C15H30N2. The van der Waals surface area contributed by atoms with E-state index in [2.05, 4.69) is 31.0 Å². The van der Waals surface area contributed by atoms with Crippen LogP contribution in [0.4, 0.5) is 0 Å². The predicted molar refractivity (Wildman–Crippen MR) is 74.3 cm³/mol. The largest absolute Gasteiger partial charge is 0.309 e. The van der Waals surface area contributed by atoms with Gasteiger partial charge in [-0.05, 0) is 39.0 Å². The second-order valence-corrected chi connectivity index (χ2v) is 6.43. The molecule has 0 amide bonds. The zero-order chi connectivity index (χ0) is 12.3. The summed E-state index contributed by atoms with van der Waals surface area (Å²) in [5.41, 5.74) is 0.414. The molecule has 2 nitrogen and oxygen atoms in total. The monoisotopic (exact) mass is 238 g/mol. The van der Waals surface area contributed by atoms with Crippen molar-refractivity contribution in [3.05, 3.63) is 0 Å². The molecule has 1 aliphatic carbocycles. The lowest BCUT2D eigenvalue weighted by atomic mass is 9.91. The average molecular weight is 238 g/mol. The molecule has 0 spiro atoms. The molecule has 2 fully saturated rings. The number of nitrogens with zero attached hydrogens (tertiary/aromatic N) is 1. The molecule has 17 heavy (non-hydrogen) atoms. The minimum Gasteiger partial charge on any atom is -0.309 e. The third-order valence-corrected chi connectivity index (χ3v) is 4.79. The number of rotatable bonds is 6. The lowest BCUT2D eigenvalue weighted by molar-refractivity contribution is 0.0899. The molecule has 2 aliphatic rings. The normalized spacial score (nSPS) is 32.6. The van der Waals surface area contributed by atoms with Gasteiger partial charge in [0, 0.05) is 31.2 Å². The van der Waals surface area contributed by atoms with Gasteiger partial charge in [0.25, 0.3) is 0 Å². The molecule has 2 unspecified atom stereocenters. The van der Waals surface area contributed by atoms with Crippen LogP contribution in [0.2, 0.25) is 0 Å². The van der Waals surface area contributed by atoms with Gasteiger partial charge in [-0.1, -0.05) is 26.2 Å². The fraction of sp³-hybridized carbons (Fsp3) is 1.00. The Hall–Kier alpha value is -0.0800. The molecule has 0 aromatic heterocycles. The first-order valence-corrected chi connectivity index (χ1v) is 7.65. The maximum atomic E-state index is 3.77. The molecule has 1 saturated heterocycles. The molecule has 0 aromatic rings. The van der Waals surface area contributed by atoms with Gasteiger partial charge in [0.1, 0.15) is 0 Å². The third kappa shape index (κ3) is 3.45. The molecule has 0 aromatic carbocycles. The van der Waals surface area contributed by atoms with Crippen molar-refractivity contribution < 1.29 is 0 Å². The molecule has 2 atom stereocenters. The minimum atomic E-state index is 0.414. The Morgan fingerprint density at radius 2 is 2.12 bits per heavy atom. The van der Waals surface area contributed by atoms with Crippen LogP contribution in [0.25, 0.3) is 0 Å². The average Bonchev–Trinajstić information content (AvgIpc) is 3.13. The summed E-state index contributed by atoms with van der Waals surface area (Å²) in [6, 6.07) is 0.779. The van der Waals surface area contributed by atoms with Gasteiger partial charge in [0.05, 0.1) is 0 Å². The van der Waals surface area contributed by atoms with Crippen LogP contribution in [0.15, 0.2) is 0 Å². The Balaban J connectivity index is 1.79. The van der Waals surface area contributed by atoms with Crippen LogP contribution in [-0.4, -0.2) is 36.1 Å². The van der Waals surface area contributed by atoms with Gasteiger partial charge in [0.2, 0.25) is 0 Å². The maximum absolute atomic E-state index is 3.77. The fourth-order valence-corrected chi connectivity index (χ4v) is 3.28. The van der Waals surface area contributed by atoms with Gasteiger partial charge in [-0.3, -0.25) is 4.90 Å². The van der Waals surface area contributed by atoms with Gasteiger partial charge < -0.3 is 5.32 Å². The molecule has 1 heterocycles. The molecule has 1 aliphatic heterocycles. The Bertz CT molecular complexity index is 237. The number of unbranched alkanes of at least 4 members (excludes halogenated alkanes) is 2. The standard InChI is InChI=1S/C15H30N2/c1-4-5-6-7-13(2)17-11-10-16-15(3,12-17)14-8-9-14/h13-14,16H,4-12H2,1-3H3. The van der Waals surface area contributed by atoms with E-state index in [1.54, 1.807) is 0 Å². The Morgan fingerprint density at radius 3 is 2.76 bits per heavy atom. The van der Waals surface area contributed by atoms with Crippen molar-refractivity contribution in [2.45, 2.75) is 70.9 Å². The van der Waals surface area contributed by atoms with Gasteiger partial charge >= 0.3 is 0 Å². The summed E-state index contributed by atoms with van der Waals surface area (Å²) in [5, 5.41) is 3.77. The van der Waals surface area contributed by atoms with Crippen molar-refractivity contribution in [1.29, 1.82) is 0 Å². The van der Waals surface area contributed by atoms with Crippen LogP contribution in [0.1, 0.15) is 59.3 Å². The van der Waals surface area contributed by atoms with E-state index in [0.29, 0.717) is 5.54 Å². The summed E-state index contributed by atoms with van der Waals surface area (Å²) in [6.45, 7) is 10.9. The van der Waals surface area contributed by atoms with Crippen LogP contribution in [0.3, 0.4) is 0 Å². The molecule has 1 N–H and O–H groups in total. The first kappa shape index (κ1) is 13.4. The van der Waals surface area contributed by atoms with E-state index in [4.69, 9.17) is 0 Å². The second-order valence-electron chi connectivity index (χ2n) is 6.43. The number of hydrogen-bond acceptors (Lipinski definition) is 2. The van der Waals surface area contributed by atoms with Gasteiger partial charge in [-0.2, -0.15) is 0 Å². The number of nitrogens with one attached hydrogen (secondary N) is 1. The summed E-state index contributed by atoms with van der Waals surface area (Å²) in [6.07, 6.45) is 8.42. The fourth-order valence-electron chi connectivity index (χ4n) is 3.28. The topological polar surface area (TPSA) is 15.3 Å². The third-order valence-electron chi connectivity index (χ3n) is 4.79. The number of piperazine rings is 1. The number of hydrogen-bond donors (Lipinski definition) is 1. The second kappa shape index (κ2) is 5.71. The molecule has 100 valence electrons. The van der Waals surface area contributed by atoms with E-state index in [1.807, 2.05) is 0 Å². The van der Waals surface area contributed by atoms with Gasteiger partial charge in [-0.25, -0.2) is 0 Å². The van der Waals surface area contributed by atoms with E-state index in [0.717, 1.165) is 12.0 Å². The summed E-state index contributed by atoms with van der Waals surface area (Å²) in [7, 11) is 0. The van der Waals surface area contributed by atoms with E-state index in [-0.39, 0.29) is 0 Å². The van der Waals surface area contributed by atoms with Crippen LogP contribution in [0, 0.1) is 5.92 Å². The van der Waals surface area contributed by atoms with Crippen molar-refractivity contribution >= 4 is 0 Å². The van der Waals surface area contributed by atoms with Crippen LogP contribution in [0.5, 0.6) is 0 Å². The quantitative estimate of drug-likeness (QED) is 0.716. The summed E-state index contributed by atoms with van der Waals surface area (Å²) < 4.78 is 0. The molecule has 1 saturated carbocycles. The Kier molecular flexibility index (Phi) is 4.48. The molecule has 2 heteroatoms. The predicted octanol–water partition coefficient (Wildman–Crippen LogP) is 3.03. The minimum absolute atomic E-state index is 0.414. The summed E-state index contributed by atoms with van der Waals surface area (Å²) >= 11 is 0. The van der Waals surface area contributed by atoms with Crippen molar-refractivity contribution in [3.63, 3.8) is 0 Å². The zero-order valence-corrected chi connectivity index (χ0v) is 12.0. The van der Waals surface area contributed by atoms with E-state index >= 15 is 0 Å². The maximum Gasteiger partial charge on any atom is 0.0309 e. The molecular weight excluding hydrogens is 208 g/mol. The van der Waals surface area contributed by atoms with Crippen LogP contribution < -0.4 is 5.32 Å². The van der Waals surface area contributed by atoms with Crippen molar-refractivity contribution in [3.8, 4) is 0 Å². The van der Waals surface area contributed by atoms with Crippen molar-refractivity contribution in [2.24, 2.45) is 5.92 Å². The smallest absolute Gasteiger partial charge is 0.0309 e. The molecule has 0 radical (unpaired) electrons. The summed E-state index contributed by atoms with van der Waals surface area (Å²) in [4.78, 5) is 2.73. The molecule has 2 rings (SSSR count). The summed E-state index contributed by atoms with van der Waals surface area (Å²) in [5.74, 6) is 0.952. The lowest BCUT2D eigenvalue weighted by Crippen LogP contribution is -2.61. The highest BCUT2D eigenvalue weighted by atomic mass is 15.2. The first-order valence-electron chi connectivity index (χ1n) is 7.65. The highest BCUT2D eigenvalue weighted by Crippen LogP contribution is 2.41. The highest BCUT2D eigenvalue weighted by Gasteiger charge is 2.44. The van der Waals surface area contributed by atoms with E-state index in [1.165, 1.54) is 58.2 Å². The first-order chi connectivity index (χ1) is 8.15. The lowest BCUT2D eigenvalue weighted by Gasteiger charge is -2.44. The Labute approximate surface area is 107 Å². The van der Waals surface area contributed by atoms with Crippen LogP contribution >= 0.6 is 0 Å². The van der Waals surface area contributed by atoms with Crippen molar-refractivity contribution in [2.75, 3.05) is 19.6 Å². The highest BCUT2D eigenvalue weighted by molar-refractivity contribution is 5.02. The van der Waals surface area contributed by atoms with E-state index < -0.39 is 0 Å². The van der Waals surface area contributed by atoms with Crippen LogP contribution in [-0.2, 0) is 0 Å².